The Morgan fingerprint density at radius 2 is 1.21 bits per heavy atom. The second kappa shape index (κ2) is 5.94. The molecule has 0 unspecified atom stereocenters. The van der Waals surface area contributed by atoms with Crippen molar-refractivity contribution in [1.29, 1.82) is 0 Å². The van der Waals surface area contributed by atoms with Gasteiger partial charge in [0.25, 0.3) is 0 Å². The molecule has 7 nitrogen and oxygen atoms in total. The molecule has 4 aromatic rings. The van der Waals surface area contributed by atoms with E-state index in [0.717, 1.165) is 9.46 Å². The van der Waals surface area contributed by atoms with Crippen LogP contribution in [-0.4, -0.2) is 9.46 Å². The highest BCUT2D eigenvalue weighted by Crippen LogP contribution is 2.24. The molecule has 2 aromatic carbocycles. The lowest BCUT2D eigenvalue weighted by molar-refractivity contribution is 0.187. The SMILES string of the molecule is O=[PH](On1c(=S)oc2ccccc21)On1c(=S)oc2ccccc21. The minimum absolute atomic E-state index is 0.0267. The second-order valence-electron chi connectivity index (χ2n) is 4.69. The van der Waals surface area contributed by atoms with E-state index in [2.05, 4.69) is 0 Å². The molecule has 0 radical (unpaired) electrons. The van der Waals surface area contributed by atoms with Gasteiger partial charge in [-0.2, -0.15) is 0 Å². The molecule has 2 aromatic heterocycles. The van der Waals surface area contributed by atoms with Gasteiger partial charge in [0.05, 0.1) is 0 Å². The van der Waals surface area contributed by atoms with Gasteiger partial charge in [-0.25, -0.2) is 4.57 Å². The molecule has 0 N–H and O–H groups in total. The Labute approximate surface area is 145 Å². The van der Waals surface area contributed by atoms with Crippen molar-refractivity contribution in [2.75, 3.05) is 0 Å². The van der Waals surface area contributed by atoms with E-state index in [9.17, 15) is 4.57 Å². The van der Waals surface area contributed by atoms with Crippen molar-refractivity contribution in [3.63, 3.8) is 0 Å². The normalized spacial score (nSPS) is 11.4. The molecule has 0 aliphatic rings. The van der Waals surface area contributed by atoms with Crippen molar-refractivity contribution >= 4 is 54.9 Å². The molecule has 0 bridgehead atoms. The second-order valence-corrected chi connectivity index (χ2v) is 6.26. The molecular weight excluding hydrogens is 371 g/mol. The van der Waals surface area contributed by atoms with Crippen molar-refractivity contribution in [2.45, 2.75) is 0 Å². The third-order valence-corrected chi connectivity index (χ3v) is 4.39. The van der Waals surface area contributed by atoms with Gasteiger partial charge < -0.3 is 18.1 Å². The maximum absolute atomic E-state index is 12.3. The molecule has 0 saturated carbocycles. The molecule has 0 amide bonds. The van der Waals surface area contributed by atoms with Crippen LogP contribution in [0, 0.1) is 9.67 Å². The zero-order valence-electron chi connectivity index (χ0n) is 11.9. The average Bonchev–Trinajstić information content (AvgIpc) is 3.05. The predicted octanol–water partition coefficient (Wildman–Crippen LogP) is 4.19. The number of nitrogens with zero attached hydrogens (tertiary/aromatic N) is 2. The van der Waals surface area contributed by atoms with Crippen LogP contribution in [0.2, 0.25) is 0 Å². The van der Waals surface area contributed by atoms with Crippen LogP contribution >= 0.6 is 32.7 Å². The van der Waals surface area contributed by atoms with Crippen LogP contribution < -0.4 is 9.25 Å². The summed E-state index contributed by atoms with van der Waals surface area (Å²) in [5.41, 5.74) is 2.13. The minimum Gasteiger partial charge on any atom is -0.427 e. The first-order chi connectivity index (χ1) is 11.6. The molecule has 0 spiro atoms. The highest BCUT2D eigenvalue weighted by molar-refractivity contribution is 7.71. The van der Waals surface area contributed by atoms with Crippen LogP contribution in [0.1, 0.15) is 0 Å². The van der Waals surface area contributed by atoms with Crippen molar-refractivity contribution < 1.29 is 22.6 Å². The summed E-state index contributed by atoms with van der Waals surface area (Å²) >= 11 is 10.1. The van der Waals surface area contributed by atoms with Gasteiger partial charge in [-0.3, -0.25) is 0 Å². The van der Waals surface area contributed by atoms with Gasteiger partial charge in [0.15, 0.2) is 11.2 Å². The fourth-order valence-electron chi connectivity index (χ4n) is 2.23. The molecular formula is C14H9N2O5PS2. The first kappa shape index (κ1) is 15.2. The number of aromatic nitrogens is 2. The Bertz CT molecular complexity index is 1100. The average molecular weight is 380 g/mol. The summed E-state index contributed by atoms with van der Waals surface area (Å²) in [5.74, 6) is 0. The standard InChI is InChI=1S/C14H9N2O5PS2/c17-22(20-15-9-5-1-3-7-11(9)18-13(15)23)21-16-10-6-2-4-8-12(10)19-14(16)24/h1-8,22H. The Morgan fingerprint density at radius 3 is 1.67 bits per heavy atom. The predicted molar refractivity (Wildman–Crippen MR) is 92.2 cm³/mol. The van der Waals surface area contributed by atoms with E-state index in [1.165, 1.54) is 0 Å². The van der Waals surface area contributed by atoms with Crippen LogP contribution in [0.25, 0.3) is 22.2 Å². The Kier molecular flexibility index (Phi) is 3.76. The number of oxazole rings is 2. The van der Waals surface area contributed by atoms with E-state index < -0.39 is 8.25 Å². The van der Waals surface area contributed by atoms with E-state index in [0.29, 0.717) is 22.2 Å². The summed E-state index contributed by atoms with van der Waals surface area (Å²) in [7, 11) is -3.04. The summed E-state index contributed by atoms with van der Waals surface area (Å²) in [5, 5.41) is 0. The molecule has 2 heterocycles. The van der Waals surface area contributed by atoms with Gasteiger partial charge in [0.1, 0.15) is 11.0 Å². The molecule has 0 atom stereocenters. The van der Waals surface area contributed by atoms with Gasteiger partial charge in [-0.05, 0) is 48.7 Å². The first-order valence-corrected chi connectivity index (χ1v) is 8.79. The van der Waals surface area contributed by atoms with Crippen LogP contribution in [0.4, 0.5) is 0 Å². The number of benzene rings is 2. The quantitative estimate of drug-likeness (QED) is 0.388. The highest BCUT2D eigenvalue weighted by Gasteiger charge is 2.14. The lowest BCUT2D eigenvalue weighted by Crippen LogP contribution is -2.11. The van der Waals surface area contributed by atoms with E-state index in [1.54, 1.807) is 48.5 Å². The number of fused-ring (bicyclic) bond motifs is 2. The summed E-state index contributed by atoms with van der Waals surface area (Å²) in [6.45, 7) is 0. The molecule has 0 saturated heterocycles. The van der Waals surface area contributed by atoms with Crippen molar-refractivity contribution in [1.82, 2.24) is 9.46 Å². The molecule has 10 heteroatoms. The molecule has 122 valence electrons. The molecule has 24 heavy (non-hydrogen) atoms. The van der Waals surface area contributed by atoms with Crippen LogP contribution in [-0.2, 0) is 4.57 Å². The highest BCUT2D eigenvalue weighted by atomic mass is 32.1. The number of rotatable bonds is 4. The minimum atomic E-state index is -3.04. The Morgan fingerprint density at radius 1 is 0.792 bits per heavy atom. The summed E-state index contributed by atoms with van der Waals surface area (Å²) in [6.07, 6.45) is 0. The zero-order chi connectivity index (χ0) is 16.7. The van der Waals surface area contributed by atoms with Gasteiger partial charge in [-0.1, -0.05) is 24.3 Å². The third kappa shape index (κ3) is 2.56. The maximum atomic E-state index is 12.3. The fraction of sp³-hybridized carbons (Fsp3) is 0. The van der Waals surface area contributed by atoms with Gasteiger partial charge in [-0.15, -0.1) is 9.46 Å². The van der Waals surface area contributed by atoms with E-state index in [4.69, 9.17) is 42.5 Å². The summed E-state index contributed by atoms with van der Waals surface area (Å²) in [6, 6.07) is 14.0. The van der Waals surface area contributed by atoms with Crippen LogP contribution in [0.5, 0.6) is 0 Å². The van der Waals surface area contributed by atoms with Gasteiger partial charge in [0.2, 0.25) is 0 Å². The molecule has 4 rings (SSSR count). The van der Waals surface area contributed by atoms with E-state index in [1.807, 2.05) is 0 Å². The smallest absolute Gasteiger partial charge is 0.427 e. The first-order valence-electron chi connectivity index (χ1n) is 6.75. The molecule has 0 aliphatic carbocycles. The topological polar surface area (TPSA) is 71.7 Å². The van der Waals surface area contributed by atoms with E-state index in [-0.39, 0.29) is 9.67 Å². The number of para-hydroxylation sites is 4. The Balaban J connectivity index is 1.67. The lowest BCUT2D eigenvalue weighted by atomic mass is 10.3. The maximum Gasteiger partial charge on any atom is 0.456 e. The van der Waals surface area contributed by atoms with Crippen LogP contribution in [0.3, 0.4) is 0 Å². The molecule has 0 aliphatic heterocycles. The van der Waals surface area contributed by atoms with Gasteiger partial charge >= 0.3 is 17.9 Å². The fourth-order valence-corrected chi connectivity index (χ4v) is 3.51. The summed E-state index contributed by atoms with van der Waals surface area (Å²) in [4.78, 5) is 0.0533. The van der Waals surface area contributed by atoms with Crippen LogP contribution in [0.15, 0.2) is 57.4 Å². The monoisotopic (exact) mass is 380 g/mol. The number of hydrogen-bond acceptors (Lipinski definition) is 7. The summed E-state index contributed by atoms with van der Waals surface area (Å²) < 4.78 is 35.9. The van der Waals surface area contributed by atoms with Crippen molar-refractivity contribution in [2.24, 2.45) is 0 Å². The zero-order valence-corrected chi connectivity index (χ0v) is 14.5. The Hall–Kier alpha value is -2.35. The largest absolute Gasteiger partial charge is 0.456 e. The number of hydrogen-bond donors (Lipinski definition) is 0. The molecule has 0 fully saturated rings. The lowest BCUT2D eigenvalue weighted by Gasteiger charge is -2.07. The van der Waals surface area contributed by atoms with Gasteiger partial charge in [0, 0.05) is 0 Å². The van der Waals surface area contributed by atoms with E-state index >= 15 is 0 Å². The van der Waals surface area contributed by atoms with Crippen molar-refractivity contribution in [3.05, 3.63) is 58.2 Å². The van der Waals surface area contributed by atoms with Crippen molar-refractivity contribution in [3.8, 4) is 0 Å². The third-order valence-electron chi connectivity index (χ3n) is 3.23.